The van der Waals surface area contributed by atoms with Crippen LogP contribution in [-0.4, -0.2) is 11.3 Å². The van der Waals surface area contributed by atoms with E-state index < -0.39 is 0 Å². The van der Waals surface area contributed by atoms with Crippen molar-refractivity contribution in [1.29, 1.82) is 0 Å². The molecule has 0 unspecified atom stereocenters. The number of rotatable bonds is 5. The molecule has 0 saturated carbocycles. The van der Waals surface area contributed by atoms with E-state index in [9.17, 15) is 0 Å². The van der Waals surface area contributed by atoms with Crippen LogP contribution in [0.15, 0.2) is 206 Å². The molecule has 3 nitrogen and oxygen atoms in total. The van der Waals surface area contributed by atoms with Gasteiger partial charge in [-0.25, -0.2) is 0 Å². The standard InChI is InChI=1S/C62H52BN3/c1-61(2,3)43-34-30-41(31-35-43)46-18-7-12-23-52(46)65-56-27-16-11-22-50(56)63-51-39-38-45(64-54-25-14-9-20-48(54)49-21-10-15-26-55(49)64)40-59(51)66(58-29-17-28-57(65)60(58)63)53-24-13-8-19-47(53)42-32-36-44(37-33-42)62(4,5)6/h7-40H,1-6H3. The van der Waals surface area contributed by atoms with Crippen LogP contribution >= 0.6 is 0 Å². The largest absolute Gasteiger partial charge is 0.311 e. The Kier molecular flexibility index (Phi) is 9.09. The molecule has 10 aromatic rings. The molecule has 0 N–H and O–H groups in total. The van der Waals surface area contributed by atoms with Gasteiger partial charge in [0.25, 0.3) is 6.71 Å². The van der Waals surface area contributed by atoms with E-state index in [2.05, 4.69) is 262 Å². The monoisotopic (exact) mass is 849 g/mol. The lowest BCUT2D eigenvalue weighted by Gasteiger charge is -2.44. The van der Waals surface area contributed by atoms with E-state index in [1.54, 1.807) is 0 Å². The Morgan fingerprint density at radius 3 is 1.30 bits per heavy atom. The molecule has 0 aliphatic carbocycles. The van der Waals surface area contributed by atoms with Gasteiger partial charge in [0, 0.05) is 50.3 Å². The van der Waals surface area contributed by atoms with Crippen molar-refractivity contribution in [2.24, 2.45) is 0 Å². The van der Waals surface area contributed by atoms with Gasteiger partial charge in [-0.2, -0.15) is 0 Å². The third-order valence-corrected chi connectivity index (χ3v) is 14.1. The van der Waals surface area contributed by atoms with E-state index in [1.165, 1.54) is 100 Å². The van der Waals surface area contributed by atoms with Crippen molar-refractivity contribution in [3.05, 3.63) is 217 Å². The van der Waals surface area contributed by atoms with Gasteiger partial charge in [-0.05, 0) is 104 Å². The van der Waals surface area contributed by atoms with Crippen LogP contribution in [0.1, 0.15) is 52.7 Å². The fourth-order valence-electron chi connectivity index (χ4n) is 10.9. The molecule has 0 amide bonds. The number of anilines is 6. The summed E-state index contributed by atoms with van der Waals surface area (Å²) < 4.78 is 2.45. The topological polar surface area (TPSA) is 11.4 Å². The van der Waals surface area contributed by atoms with Crippen LogP contribution in [0.25, 0.3) is 49.7 Å². The highest BCUT2D eigenvalue weighted by Crippen LogP contribution is 2.48. The first-order valence-electron chi connectivity index (χ1n) is 23.4. The van der Waals surface area contributed by atoms with Crippen LogP contribution < -0.4 is 26.2 Å². The average Bonchev–Trinajstić information content (AvgIpc) is 3.68. The molecule has 66 heavy (non-hydrogen) atoms. The summed E-state index contributed by atoms with van der Waals surface area (Å²) in [4.78, 5) is 5.10. The number of benzene rings is 9. The van der Waals surface area contributed by atoms with Gasteiger partial charge in [0.1, 0.15) is 0 Å². The first kappa shape index (κ1) is 40.0. The molecule has 1 aromatic heterocycles. The Labute approximate surface area is 389 Å². The Hall–Kier alpha value is -7.56. The van der Waals surface area contributed by atoms with Crippen LogP contribution in [0, 0.1) is 0 Å². The highest BCUT2D eigenvalue weighted by atomic mass is 15.2. The lowest BCUT2D eigenvalue weighted by molar-refractivity contribution is 0.590. The molecule has 4 heteroatoms. The minimum absolute atomic E-state index is 0.00133. The lowest BCUT2D eigenvalue weighted by Crippen LogP contribution is -2.61. The average molecular weight is 850 g/mol. The van der Waals surface area contributed by atoms with E-state index >= 15 is 0 Å². The van der Waals surface area contributed by atoms with Crippen molar-refractivity contribution in [2.75, 3.05) is 9.80 Å². The Morgan fingerprint density at radius 2 is 0.773 bits per heavy atom. The fraction of sp³-hybridized carbons (Fsp3) is 0.129. The maximum atomic E-state index is 2.57. The molecule has 2 aliphatic heterocycles. The van der Waals surface area contributed by atoms with Gasteiger partial charge in [-0.1, -0.05) is 193 Å². The Balaban J connectivity index is 1.12. The number of aromatic nitrogens is 1. The maximum Gasteiger partial charge on any atom is 0.252 e. The molecule has 0 spiro atoms. The van der Waals surface area contributed by atoms with Gasteiger partial charge < -0.3 is 14.4 Å². The summed E-state index contributed by atoms with van der Waals surface area (Å²) in [6, 6.07) is 77.3. The summed E-state index contributed by atoms with van der Waals surface area (Å²) in [5, 5.41) is 2.52. The predicted octanol–water partition coefficient (Wildman–Crippen LogP) is 14.8. The fourth-order valence-corrected chi connectivity index (χ4v) is 10.9. The highest BCUT2D eigenvalue weighted by molar-refractivity contribution is 7.00. The second-order valence-electron chi connectivity index (χ2n) is 20.2. The number of para-hydroxylation sites is 5. The van der Waals surface area contributed by atoms with Crippen LogP contribution in [-0.2, 0) is 10.8 Å². The summed E-state index contributed by atoms with van der Waals surface area (Å²) in [6.45, 7) is 13.7. The lowest BCUT2D eigenvalue weighted by atomic mass is 9.33. The first-order chi connectivity index (χ1) is 32.0. The van der Waals surface area contributed by atoms with Crippen LogP contribution in [0.4, 0.5) is 34.1 Å². The minimum Gasteiger partial charge on any atom is -0.311 e. The molecule has 0 bridgehead atoms. The van der Waals surface area contributed by atoms with Gasteiger partial charge in [-0.3, -0.25) is 0 Å². The van der Waals surface area contributed by atoms with Crippen molar-refractivity contribution in [2.45, 2.75) is 52.4 Å². The van der Waals surface area contributed by atoms with E-state index in [-0.39, 0.29) is 17.5 Å². The summed E-state index contributed by atoms with van der Waals surface area (Å²) in [5.41, 5.74) is 22.1. The molecule has 0 atom stereocenters. The normalized spacial score (nSPS) is 13.2. The zero-order valence-corrected chi connectivity index (χ0v) is 38.5. The van der Waals surface area contributed by atoms with Crippen molar-refractivity contribution >= 4 is 79.0 Å². The van der Waals surface area contributed by atoms with Crippen LogP contribution in [0.3, 0.4) is 0 Å². The number of fused-ring (bicyclic) bond motifs is 7. The van der Waals surface area contributed by atoms with E-state index in [0.717, 1.165) is 11.4 Å². The molecule has 3 heterocycles. The summed E-state index contributed by atoms with van der Waals surface area (Å²) >= 11 is 0. The molecule has 12 rings (SSSR count). The number of nitrogens with zero attached hydrogens (tertiary/aromatic N) is 3. The molecule has 2 aliphatic rings. The maximum absolute atomic E-state index is 2.57. The van der Waals surface area contributed by atoms with Gasteiger partial charge in [0.2, 0.25) is 0 Å². The van der Waals surface area contributed by atoms with Gasteiger partial charge in [0.15, 0.2) is 0 Å². The second-order valence-corrected chi connectivity index (χ2v) is 20.2. The smallest absolute Gasteiger partial charge is 0.252 e. The zero-order chi connectivity index (χ0) is 44.9. The predicted molar refractivity (Wildman–Crippen MR) is 283 cm³/mol. The van der Waals surface area contributed by atoms with Crippen molar-refractivity contribution in [3.8, 4) is 27.9 Å². The number of hydrogen-bond donors (Lipinski definition) is 0. The summed E-state index contributed by atoms with van der Waals surface area (Å²) in [6.07, 6.45) is 0. The molecule has 9 aromatic carbocycles. The quantitative estimate of drug-likeness (QED) is 0.160. The van der Waals surface area contributed by atoms with Crippen LogP contribution in [0.5, 0.6) is 0 Å². The van der Waals surface area contributed by atoms with E-state index in [0.29, 0.717) is 0 Å². The molecule has 0 saturated heterocycles. The summed E-state index contributed by atoms with van der Waals surface area (Å²) in [7, 11) is 0. The first-order valence-corrected chi connectivity index (χ1v) is 23.4. The second kappa shape index (κ2) is 15.0. The van der Waals surface area contributed by atoms with Crippen molar-refractivity contribution in [3.63, 3.8) is 0 Å². The number of hydrogen-bond acceptors (Lipinski definition) is 2. The molecule has 0 radical (unpaired) electrons. The minimum atomic E-state index is -0.00133. The SMILES string of the molecule is CC(C)(C)c1ccc(-c2ccccc2N2c3ccccc3B3c4ccc(-n5c6ccccc6c6ccccc65)cc4N(c4ccccc4-c4ccc(C(C)(C)C)cc4)c4cccc2c43)cc1. The van der Waals surface area contributed by atoms with E-state index in [1.807, 2.05) is 0 Å². The molecular formula is C62H52BN3. The Morgan fingerprint density at radius 1 is 0.348 bits per heavy atom. The van der Waals surface area contributed by atoms with Crippen molar-refractivity contribution < 1.29 is 0 Å². The Bertz CT molecular complexity index is 3460. The van der Waals surface area contributed by atoms with Gasteiger partial charge >= 0.3 is 0 Å². The molecule has 318 valence electrons. The van der Waals surface area contributed by atoms with Gasteiger partial charge in [-0.15, -0.1) is 0 Å². The van der Waals surface area contributed by atoms with Crippen molar-refractivity contribution in [1.82, 2.24) is 4.57 Å². The van der Waals surface area contributed by atoms with E-state index in [4.69, 9.17) is 0 Å². The summed E-state index contributed by atoms with van der Waals surface area (Å²) in [5.74, 6) is 0. The highest BCUT2D eigenvalue weighted by Gasteiger charge is 2.44. The van der Waals surface area contributed by atoms with Crippen LogP contribution in [0.2, 0.25) is 0 Å². The molecular weight excluding hydrogens is 798 g/mol. The third kappa shape index (κ3) is 6.26. The third-order valence-electron chi connectivity index (χ3n) is 14.1. The molecule has 0 fully saturated rings. The van der Waals surface area contributed by atoms with Gasteiger partial charge in [0.05, 0.1) is 22.4 Å². The zero-order valence-electron chi connectivity index (χ0n) is 38.5.